The Labute approximate surface area is 139 Å². The summed E-state index contributed by atoms with van der Waals surface area (Å²) in [5.41, 5.74) is 1.51. The highest BCUT2D eigenvalue weighted by Crippen LogP contribution is 2.46. The summed E-state index contributed by atoms with van der Waals surface area (Å²) < 4.78 is 5.43. The molecule has 3 aliphatic rings. The Morgan fingerprint density at radius 1 is 1.22 bits per heavy atom. The molecule has 0 spiro atoms. The van der Waals surface area contributed by atoms with Gasteiger partial charge in [0.2, 0.25) is 0 Å². The minimum absolute atomic E-state index is 0.102. The summed E-state index contributed by atoms with van der Waals surface area (Å²) in [6.45, 7) is 7.01. The zero-order valence-electron chi connectivity index (χ0n) is 14.6. The van der Waals surface area contributed by atoms with Crippen LogP contribution in [0.5, 0.6) is 0 Å². The van der Waals surface area contributed by atoms with Crippen molar-refractivity contribution in [2.24, 2.45) is 29.6 Å². The van der Waals surface area contributed by atoms with Gasteiger partial charge in [0.1, 0.15) is 6.10 Å². The van der Waals surface area contributed by atoms with Crippen LogP contribution in [-0.4, -0.2) is 23.3 Å². The van der Waals surface area contributed by atoms with E-state index in [1.165, 1.54) is 12.0 Å². The SMILES string of the molecule is CC1C=C2C=C[C@H](C)[C@H](CC[C@@H]3C[C@@H](O)CC(=O)O3)[C@H]2C(C)C1. The Balaban J connectivity index is 1.67. The van der Waals surface area contributed by atoms with E-state index in [1.807, 2.05) is 0 Å². The third-order valence-electron chi connectivity index (χ3n) is 6.00. The standard InChI is InChI=1S/C20H30O3/c1-12-8-14(3)20-15(9-12)5-4-13(2)18(20)7-6-17-10-16(21)11-19(22)23-17/h4-5,9,12-14,16-18,20-21H,6-8,10-11H2,1-3H3/t12?,13-,14?,16+,17+,18-,20-/m0/s1. The lowest BCUT2D eigenvalue weighted by atomic mass is 9.62. The number of carbonyl (C=O) groups is 1. The topological polar surface area (TPSA) is 46.5 Å². The van der Waals surface area contributed by atoms with Gasteiger partial charge in [-0.05, 0) is 54.4 Å². The molecule has 3 heteroatoms. The number of cyclic esters (lactones) is 1. The Hall–Kier alpha value is -1.09. The fraction of sp³-hybridized carbons (Fsp3) is 0.750. The van der Waals surface area contributed by atoms with E-state index in [4.69, 9.17) is 4.74 Å². The minimum atomic E-state index is -0.519. The van der Waals surface area contributed by atoms with Crippen LogP contribution in [0.3, 0.4) is 0 Å². The second-order valence-electron chi connectivity index (χ2n) is 8.05. The number of esters is 1. The predicted octanol–water partition coefficient (Wildman–Crippen LogP) is 3.87. The molecule has 0 aromatic heterocycles. The number of aliphatic hydroxyl groups excluding tert-OH is 1. The molecule has 0 saturated carbocycles. The van der Waals surface area contributed by atoms with Crippen LogP contribution in [0.2, 0.25) is 0 Å². The van der Waals surface area contributed by atoms with Gasteiger partial charge in [-0.3, -0.25) is 4.79 Å². The van der Waals surface area contributed by atoms with E-state index in [0.717, 1.165) is 12.8 Å². The van der Waals surface area contributed by atoms with E-state index in [0.29, 0.717) is 36.0 Å². The van der Waals surface area contributed by atoms with Crippen molar-refractivity contribution in [3.63, 3.8) is 0 Å². The largest absolute Gasteiger partial charge is 0.462 e. The number of ether oxygens (including phenoxy) is 1. The van der Waals surface area contributed by atoms with Gasteiger partial charge in [-0.1, -0.05) is 39.0 Å². The maximum atomic E-state index is 11.5. The molecule has 1 aliphatic heterocycles. The number of carbonyl (C=O) groups excluding carboxylic acids is 1. The van der Waals surface area contributed by atoms with Crippen LogP contribution in [0.25, 0.3) is 0 Å². The van der Waals surface area contributed by atoms with Gasteiger partial charge in [0.05, 0.1) is 12.5 Å². The average Bonchev–Trinajstić information content (AvgIpc) is 2.45. The predicted molar refractivity (Wildman–Crippen MR) is 90.7 cm³/mol. The zero-order chi connectivity index (χ0) is 16.6. The van der Waals surface area contributed by atoms with E-state index in [2.05, 4.69) is 39.0 Å². The maximum absolute atomic E-state index is 11.5. The summed E-state index contributed by atoms with van der Waals surface area (Å²) in [5, 5.41) is 9.78. The molecule has 1 saturated heterocycles. The summed E-state index contributed by atoms with van der Waals surface area (Å²) in [6, 6.07) is 0. The summed E-state index contributed by atoms with van der Waals surface area (Å²) in [4.78, 5) is 11.5. The lowest BCUT2D eigenvalue weighted by Crippen LogP contribution is -2.36. The third kappa shape index (κ3) is 3.71. The number of aliphatic hydroxyl groups is 1. The lowest BCUT2D eigenvalue weighted by Gasteiger charge is -2.43. The smallest absolute Gasteiger partial charge is 0.308 e. The molecule has 23 heavy (non-hydrogen) atoms. The van der Waals surface area contributed by atoms with Crippen LogP contribution in [0.15, 0.2) is 23.8 Å². The summed E-state index contributed by atoms with van der Waals surface area (Å²) >= 11 is 0. The number of allylic oxidation sites excluding steroid dienone is 4. The van der Waals surface area contributed by atoms with Crippen LogP contribution in [0, 0.1) is 29.6 Å². The van der Waals surface area contributed by atoms with Crippen LogP contribution in [0.1, 0.15) is 52.9 Å². The first-order valence-electron chi connectivity index (χ1n) is 9.21. The van der Waals surface area contributed by atoms with E-state index in [-0.39, 0.29) is 18.5 Å². The first-order chi connectivity index (χ1) is 10.9. The maximum Gasteiger partial charge on any atom is 0.308 e. The first-order valence-corrected chi connectivity index (χ1v) is 9.21. The van der Waals surface area contributed by atoms with E-state index in [9.17, 15) is 9.90 Å². The number of hydrogen-bond donors (Lipinski definition) is 1. The zero-order valence-corrected chi connectivity index (χ0v) is 14.6. The molecule has 7 atom stereocenters. The Morgan fingerprint density at radius 2 is 2.00 bits per heavy atom. The molecule has 2 unspecified atom stereocenters. The number of rotatable bonds is 3. The Bertz CT molecular complexity index is 507. The van der Waals surface area contributed by atoms with Gasteiger partial charge in [-0.25, -0.2) is 0 Å². The van der Waals surface area contributed by atoms with Crippen molar-refractivity contribution in [1.29, 1.82) is 0 Å². The fourth-order valence-electron chi connectivity index (χ4n) is 5.00. The van der Waals surface area contributed by atoms with Gasteiger partial charge in [0.15, 0.2) is 0 Å². The van der Waals surface area contributed by atoms with Gasteiger partial charge in [0.25, 0.3) is 0 Å². The number of hydrogen-bond acceptors (Lipinski definition) is 3. The normalized spacial score (nSPS) is 43.6. The molecule has 0 amide bonds. The third-order valence-corrected chi connectivity index (χ3v) is 6.00. The molecule has 1 fully saturated rings. The second kappa shape index (κ2) is 6.80. The second-order valence-corrected chi connectivity index (χ2v) is 8.05. The van der Waals surface area contributed by atoms with Crippen molar-refractivity contribution in [1.82, 2.24) is 0 Å². The molecule has 2 aliphatic carbocycles. The first kappa shape index (κ1) is 16.8. The van der Waals surface area contributed by atoms with Gasteiger partial charge in [-0.2, -0.15) is 0 Å². The summed E-state index contributed by atoms with van der Waals surface area (Å²) in [6.07, 6.45) is 10.5. The molecule has 3 nitrogen and oxygen atoms in total. The van der Waals surface area contributed by atoms with Crippen molar-refractivity contribution in [3.05, 3.63) is 23.8 Å². The molecule has 0 bridgehead atoms. The van der Waals surface area contributed by atoms with Crippen LogP contribution in [0.4, 0.5) is 0 Å². The molecule has 128 valence electrons. The highest BCUT2D eigenvalue weighted by atomic mass is 16.5. The number of fused-ring (bicyclic) bond motifs is 1. The Morgan fingerprint density at radius 3 is 2.74 bits per heavy atom. The van der Waals surface area contributed by atoms with E-state index >= 15 is 0 Å². The van der Waals surface area contributed by atoms with Gasteiger partial charge in [0, 0.05) is 6.42 Å². The summed E-state index contributed by atoms with van der Waals surface area (Å²) in [5.74, 6) is 2.95. The highest BCUT2D eigenvalue weighted by molar-refractivity contribution is 5.70. The quantitative estimate of drug-likeness (QED) is 0.803. The molecule has 0 radical (unpaired) electrons. The van der Waals surface area contributed by atoms with Gasteiger partial charge < -0.3 is 9.84 Å². The molecule has 1 heterocycles. The van der Waals surface area contributed by atoms with Crippen LogP contribution >= 0.6 is 0 Å². The molecule has 3 rings (SSSR count). The van der Waals surface area contributed by atoms with Crippen LogP contribution in [-0.2, 0) is 9.53 Å². The Kier molecular flexibility index (Phi) is 4.96. The molecular formula is C20H30O3. The van der Waals surface area contributed by atoms with Crippen molar-refractivity contribution in [2.75, 3.05) is 0 Å². The average molecular weight is 318 g/mol. The lowest BCUT2D eigenvalue weighted by molar-refractivity contribution is -0.160. The molecule has 0 aromatic carbocycles. The fourth-order valence-corrected chi connectivity index (χ4v) is 5.00. The van der Waals surface area contributed by atoms with Crippen molar-refractivity contribution < 1.29 is 14.6 Å². The monoisotopic (exact) mass is 318 g/mol. The summed E-state index contributed by atoms with van der Waals surface area (Å²) in [7, 11) is 0. The minimum Gasteiger partial charge on any atom is -0.462 e. The highest BCUT2D eigenvalue weighted by Gasteiger charge is 2.38. The van der Waals surface area contributed by atoms with Crippen LogP contribution < -0.4 is 0 Å². The molecule has 0 aromatic rings. The van der Waals surface area contributed by atoms with Crippen molar-refractivity contribution >= 4 is 5.97 Å². The van der Waals surface area contributed by atoms with E-state index < -0.39 is 6.10 Å². The molecular weight excluding hydrogens is 288 g/mol. The van der Waals surface area contributed by atoms with Crippen molar-refractivity contribution in [2.45, 2.75) is 65.1 Å². The van der Waals surface area contributed by atoms with E-state index in [1.54, 1.807) is 0 Å². The molecule has 1 N–H and O–H groups in total. The van der Waals surface area contributed by atoms with Gasteiger partial charge >= 0.3 is 5.97 Å². The van der Waals surface area contributed by atoms with Gasteiger partial charge in [-0.15, -0.1) is 0 Å². The van der Waals surface area contributed by atoms with Crippen molar-refractivity contribution in [3.8, 4) is 0 Å².